The van der Waals surface area contributed by atoms with Crippen molar-refractivity contribution < 1.29 is 9.15 Å². The maximum atomic E-state index is 5.47. The Morgan fingerprint density at radius 1 is 1.23 bits per heavy atom. The second kappa shape index (κ2) is 6.27. The Morgan fingerprint density at radius 2 is 2.23 bits per heavy atom. The normalized spacial score (nSPS) is 14.7. The molecule has 0 unspecified atom stereocenters. The predicted molar refractivity (Wildman–Crippen MR) is 97.7 cm³/mol. The summed E-state index contributed by atoms with van der Waals surface area (Å²) in [5, 5.41) is 12.9. The highest BCUT2D eigenvalue weighted by atomic mass is 16.5. The lowest BCUT2D eigenvalue weighted by molar-refractivity contribution is 0.161. The fraction of sp³-hybridized carbons (Fsp3) is 0.211. The summed E-state index contributed by atoms with van der Waals surface area (Å²) in [5.74, 6) is 0.710. The zero-order valence-corrected chi connectivity index (χ0v) is 14.1. The van der Waals surface area contributed by atoms with E-state index in [-0.39, 0.29) is 0 Å². The van der Waals surface area contributed by atoms with Crippen LogP contribution in [0.25, 0.3) is 22.2 Å². The third-order valence-corrected chi connectivity index (χ3v) is 4.67. The van der Waals surface area contributed by atoms with Crippen molar-refractivity contribution in [2.75, 3.05) is 18.5 Å². The predicted octanol–water partition coefficient (Wildman–Crippen LogP) is 3.29. The lowest BCUT2D eigenvalue weighted by atomic mass is 10.0. The topological polar surface area (TPSA) is 77.5 Å². The van der Waals surface area contributed by atoms with Crippen LogP contribution in [0, 0.1) is 0 Å². The summed E-state index contributed by atoms with van der Waals surface area (Å²) in [4.78, 5) is 4.60. The van der Waals surface area contributed by atoms with Crippen LogP contribution in [0.2, 0.25) is 0 Å². The van der Waals surface area contributed by atoms with Gasteiger partial charge in [-0.05, 0) is 29.7 Å². The van der Waals surface area contributed by atoms with E-state index in [1.54, 1.807) is 12.6 Å². The third kappa shape index (κ3) is 2.53. The van der Waals surface area contributed by atoms with Crippen molar-refractivity contribution in [1.82, 2.24) is 19.6 Å². The molecular formula is C19H17N5O2. The van der Waals surface area contributed by atoms with Gasteiger partial charge in [-0.3, -0.25) is 4.40 Å². The van der Waals surface area contributed by atoms with Crippen LogP contribution >= 0.6 is 0 Å². The zero-order valence-electron chi connectivity index (χ0n) is 14.1. The van der Waals surface area contributed by atoms with E-state index in [2.05, 4.69) is 32.6 Å². The number of furan rings is 1. The van der Waals surface area contributed by atoms with Crippen molar-refractivity contribution in [2.45, 2.75) is 13.0 Å². The average Bonchev–Trinajstić information content (AvgIpc) is 3.36. The number of hydrogen-bond acceptors (Lipinski definition) is 6. The van der Waals surface area contributed by atoms with Crippen LogP contribution in [0.5, 0.6) is 0 Å². The number of nitrogens with zero attached hydrogens (tertiary/aromatic N) is 4. The van der Waals surface area contributed by atoms with E-state index >= 15 is 0 Å². The number of hydrogen-bond donors (Lipinski definition) is 1. The van der Waals surface area contributed by atoms with Crippen molar-refractivity contribution >= 4 is 28.1 Å². The molecule has 4 heterocycles. The van der Waals surface area contributed by atoms with E-state index in [4.69, 9.17) is 9.15 Å². The standard InChI is InChI=1S/C19H17N5O2/c1-2-14(15-6-9-26-17(15)3-1)10-20-19-21-11-16(13-4-7-25-8-5-13)18-23-22-12-24(18)19/h1-4,6,9,11-12H,5,7-8,10H2,(H,20,21). The minimum atomic E-state index is 0.629. The van der Waals surface area contributed by atoms with Crippen LogP contribution in [0.3, 0.4) is 0 Å². The van der Waals surface area contributed by atoms with Gasteiger partial charge in [0.15, 0.2) is 5.65 Å². The molecule has 1 N–H and O–H groups in total. The lowest BCUT2D eigenvalue weighted by Gasteiger charge is -2.15. The summed E-state index contributed by atoms with van der Waals surface area (Å²) < 4.78 is 12.8. The van der Waals surface area contributed by atoms with Gasteiger partial charge in [0.25, 0.3) is 0 Å². The zero-order chi connectivity index (χ0) is 17.3. The van der Waals surface area contributed by atoms with Gasteiger partial charge in [0.1, 0.15) is 11.9 Å². The molecular weight excluding hydrogens is 330 g/mol. The highest BCUT2D eigenvalue weighted by molar-refractivity contribution is 5.81. The molecule has 0 amide bonds. The Balaban J connectivity index is 1.47. The SMILES string of the molecule is C1=C(c2cnc(NCc3cccc4occc34)n3cnnc23)CCOC1. The van der Waals surface area contributed by atoms with Crippen molar-refractivity contribution in [3.8, 4) is 0 Å². The summed E-state index contributed by atoms with van der Waals surface area (Å²) in [7, 11) is 0. The molecule has 0 radical (unpaired) electrons. The molecule has 3 aromatic heterocycles. The van der Waals surface area contributed by atoms with Crippen LogP contribution in [0.1, 0.15) is 17.5 Å². The molecule has 1 aliphatic rings. The molecule has 5 rings (SSSR count). The van der Waals surface area contributed by atoms with Crippen LogP contribution in [-0.4, -0.2) is 32.8 Å². The van der Waals surface area contributed by atoms with Gasteiger partial charge in [-0.2, -0.15) is 0 Å². The van der Waals surface area contributed by atoms with Gasteiger partial charge in [0.2, 0.25) is 5.95 Å². The van der Waals surface area contributed by atoms with Crippen LogP contribution < -0.4 is 5.32 Å². The smallest absolute Gasteiger partial charge is 0.210 e. The fourth-order valence-corrected chi connectivity index (χ4v) is 3.33. The summed E-state index contributed by atoms with van der Waals surface area (Å²) in [6.45, 7) is 1.98. The first-order valence-corrected chi connectivity index (χ1v) is 8.55. The minimum absolute atomic E-state index is 0.629. The van der Waals surface area contributed by atoms with Gasteiger partial charge in [-0.15, -0.1) is 10.2 Å². The molecule has 130 valence electrons. The number of fused-ring (bicyclic) bond motifs is 2. The molecule has 7 heteroatoms. The summed E-state index contributed by atoms with van der Waals surface area (Å²) in [6.07, 6.45) is 8.20. The number of aromatic nitrogens is 4. The van der Waals surface area contributed by atoms with E-state index in [1.165, 1.54) is 5.57 Å². The number of benzene rings is 1. The van der Waals surface area contributed by atoms with Gasteiger partial charge in [0, 0.05) is 23.7 Å². The monoisotopic (exact) mass is 347 g/mol. The minimum Gasteiger partial charge on any atom is -0.464 e. The number of anilines is 1. The largest absolute Gasteiger partial charge is 0.464 e. The van der Waals surface area contributed by atoms with Gasteiger partial charge < -0.3 is 14.5 Å². The quantitative estimate of drug-likeness (QED) is 0.610. The van der Waals surface area contributed by atoms with Crippen molar-refractivity contribution in [3.63, 3.8) is 0 Å². The fourth-order valence-electron chi connectivity index (χ4n) is 3.33. The number of rotatable bonds is 4. The molecule has 4 aromatic rings. The second-order valence-electron chi connectivity index (χ2n) is 6.18. The van der Waals surface area contributed by atoms with Gasteiger partial charge in [-0.25, -0.2) is 4.98 Å². The van der Waals surface area contributed by atoms with Gasteiger partial charge in [-0.1, -0.05) is 18.2 Å². The summed E-state index contributed by atoms with van der Waals surface area (Å²) in [5.41, 5.74) is 5.05. The molecule has 1 aromatic carbocycles. The lowest BCUT2D eigenvalue weighted by Crippen LogP contribution is -2.09. The average molecular weight is 347 g/mol. The highest BCUT2D eigenvalue weighted by Gasteiger charge is 2.15. The summed E-state index contributed by atoms with van der Waals surface area (Å²) in [6, 6.07) is 8.01. The third-order valence-electron chi connectivity index (χ3n) is 4.67. The highest BCUT2D eigenvalue weighted by Crippen LogP contribution is 2.26. The van der Waals surface area contributed by atoms with E-state index in [0.29, 0.717) is 19.1 Å². The van der Waals surface area contributed by atoms with Crippen molar-refractivity contribution in [2.24, 2.45) is 0 Å². The van der Waals surface area contributed by atoms with E-state index in [1.807, 2.05) is 28.8 Å². The molecule has 0 saturated heterocycles. The van der Waals surface area contributed by atoms with Crippen LogP contribution in [-0.2, 0) is 11.3 Å². The van der Waals surface area contributed by atoms with Crippen molar-refractivity contribution in [1.29, 1.82) is 0 Å². The Hall–Kier alpha value is -3.19. The van der Waals surface area contributed by atoms with Gasteiger partial charge in [0.05, 0.1) is 19.5 Å². The van der Waals surface area contributed by atoms with E-state index in [0.717, 1.165) is 40.8 Å². The molecule has 1 aliphatic heterocycles. The van der Waals surface area contributed by atoms with Crippen LogP contribution in [0.4, 0.5) is 5.95 Å². The second-order valence-corrected chi connectivity index (χ2v) is 6.18. The molecule has 0 spiro atoms. The molecule has 0 fully saturated rings. The molecule has 0 saturated carbocycles. The molecule has 0 atom stereocenters. The first-order valence-electron chi connectivity index (χ1n) is 8.55. The Morgan fingerprint density at radius 3 is 3.15 bits per heavy atom. The first kappa shape index (κ1) is 15.1. The van der Waals surface area contributed by atoms with E-state index < -0.39 is 0 Å². The van der Waals surface area contributed by atoms with Crippen molar-refractivity contribution in [3.05, 3.63) is 60.3 Å². The van der Waals surface area contributed by atoms with E-state index in [9.17, 15) is 0 Å². The molecule has 26 heavy (non-hydrogen) atoms. The molecule has 7 nitrogen and oxygen atoms in total. The Kier molecular flexibility index (Phi) is 3.64. The maximum absolute atomic E-state index is 5.47. The van der Waals surface area contributed by atoms with Gasteiger partial charge >= 0.3 is 0 Å². The summed E-state index contributed by atoms with van der Waals surface area (Å²) >= 11 is 0. The number of ether oxygens (including phenoxy) is 1. The Labute approximate surface area is 149 Å². The maximum Gasteiger partial charge on any atom is 0.210 e. The number of nitrogens with one attached hydrogen (secondary N) is 1. The van der Waals surface area contributed by atoms with Crippen LogP contribution in [0.15, 0.2) is 53.5 Å². The first-order chi connectivity index (χ1) is 12.9. The Bertz CT molecular complexity index is 1110. The molecule has 0 bridgehead atoms. The molecule has 0 aliphatic carbocycles.